The van der Waals surface area contributed by atoms with Crippen LogP contribution in [0.5, 0.6) is 0 Å². The Balaban J connectivity index is 0.000000134. The van der Waals surface area contributed by atoms with Crippen LogP contribution in [0, 0.1) is 0 Å². The highest BCUT2D eigenvalue weighted by Gasteiger charge is 2.29. The number of fused-ring (bicyclic) bond motifs is 28. The summed E-state index contributed by atoms with van der Waals surface area (Å²) in [6.07, 6.45) is 3.87. The van der Waals surface area contributed by atoms with Crippen LogP contribution in [0.25, 0.3) is 285 Å². The topological polar surface area (TPSA) is 149 Å². The minimum Gasteiger partial charge on any atom is -0.455 e. The first-order chi connectivity index (χ1) is 69.4. The molecule has 0 saturated heterocycles. The average Bonchev–Trinajstić information content (AvgIpc) is 1.57. The van der Waals surface area contributed by atoms with Crippen molar-refractivity contribution in [3.63, 3.8) is 0 Å². The largest absolute Gasteiger partial charge is 0.455 e. The minimum atomic E-state index is 0.556. The van der Waals surface area contributed by atoms with Crippen LogP contribution in [0.3, 0.4) is 0 Å². The van der Waals surface area contributed by atoms with Crippen LogP contribution in [0.15, 0.2) is 446 Å². The molecule has 30 rings (SSSR count). The number of hydrogen-bond donors (Lipinski definition) is 0. The van der Waals surface area contributed by atoms with Gasteiger partial charge in [-0.25, -0.2) is 29.9 Å². The molecule has 0 fully saturated rings. The van der Waals surface area contributed by atoms with E-state index in [9.17, 15) is 0 Å². The van der Waals surface area contributed by atoms with Crippen molar-refractivity contribution < 1.29 is 8.83 Å². The zero-order valence-electron chi connectivity index (χ0n) is 74.6. The van der Waals surface area contributed by atoms with Crippen molar-refractivity contribution in [2.75, 3.05) is 0 Å². The second-order valence-electron chi connectivity index (χ2n) is 35.5. The standard InChI is InChI=1S/C62H36N6O2.C62H36N6S2/c2*1-3-15-37(16-4-1)60-64-61(38-17-5-2-6-18-38)66-62(65-60)39-27-30-51(68-50-24-12-8-22-46(50)57-53(68)32-29-44-42-20-10-14-26-55(42)70-59(44)57)47(35-39)48-36-40(33-34-63-48)67-49-23-11-7-21-45(49)56-52(67)31-28-43-41-19-9-13-25-54(41)69-58(43)56/h2*1-36H. The zero-order chi connectivity index (χ0) is 91.7. The molecule has 12 heterocycles. The highest BCUT2D eigenvalue weighted by atomic mass is 32.1. The number of para-hydroxylation sites is 6. The number of pyridine rings is 2. The van der Waals surface area contributed by atoms with Crippen LogP contribution >= 0.6 is 22.7 Å². The lowest BCUT2D eigenvalue weighted by molar-refractivity contribution is 0.672. The summed E-state index contributed by atoms with van der Waals surface area (Å²) in [5, 5.41) is 18.8. The quantitative estimate of drug-likeness (QED) is 0.116. The monoisotopic (exact) mass is 1820 g/mol. The number of benzene rings is 18. The summed E-state index contributed by atoms with van der Waals surface area (Å²) in [7, 11) is 0. The van der Waals surface area contributed by atoms with Gasteiger partial charge in [-0.05, 0) is 146 Å². The summed E-state index contributed by atoms with van der Waals surface area (Å²) in [5.74, 6) is 3.56. The van der Waals surface area contributed by atoms with Gasteiger partial charge in [0.05, 0.1) is 77.7 Å². The summed E-state index contributed by atoms with van der Waals surface area (Å²) >= 11 is 3.74. The molecular weight excluding hydrogens is 1750 g/mol. The first-order valence-electron chi connectivity index (χ1n) is 46.7. The van der Waals surface area contributed by atoms with Crippen LogP contribution in [-0.4, -0.2) is 58.1 Å². The van der Waals surface area contributed by atoms with Crippen molar-refractivity contribution in [1.82, 2.24) is 58.1 Å². The first kappa shape index (κ1) is 79.0. The molecule has 0 amide bonds. The molecule has 0 atom stereocenters. The molecule has 30 aromatic rings. The van der Waals surface area contributed by atoms with Gasteiger partial charge in [0.1, 0.15) is 22.3 Å². The van der Waals surface area contributed by atoms with Gasteiger partial charge in [0.15, 0.2) is 34.9 Å². The Morgan fingerprint density at radius 1 is 0.200 bits per heavy atom. The Labute approximate surface area is 805 Å². The summed E-state index contributed by atoms with van der Waals surface area (Å²) in [4.78, 5) is 41.3. The van der Waals surface area contributed by atoms with Crippen molar-refractivity contribution in [3.8, 4) is 114 Å². The zero-order valence-corrected chi connectivity index (χ0v) is 76.2. The van der Waals surface area contributed by atoms with Crippen molar-refractivity contribution in [2.45, 2.75) is 0 Å². The molecule has 18 aromatic carbocycles. The molecule has 0 radical (unpaired) electrons. The van der Waals surface area contributed by atoms with Gasteiger partial charge in [0, 0.05) is 162 Å². The number of aromatic nitrogens is 12. The Morgan fingerprint density at radius 3 is 0.879 bits per heavy atom. The fourth-order valence-electron chi connectivity index (χ4n) is 21.5. The predicted molar refractivity (Wildman–Crippen MR) is 576 cm³/mol. The van der Waals surface area contributed by atoms with Crippen LogP contribution in [0.2, 0.25) is 0 Å². The highest BCUT2D eigenvalue weighted by Crippen LogP contribution is 2.51. The third kappa shape index (κ3) is 12.4. The Morgan fingerprint density at radius 2 is 0.493 bits per heavy atom. The lowest BCUT2D eigenvalue weighted by atomic mass is 10.0. The average molecular weight is 1830 g/mol. The number of rotatable bonds is 12. The fraction of sp³-hybridized carbons (Fsp3) is 0. The minimum absolute atomic E-state index is 0.556. The molecule has 0 unspecified atom stereocenters. The SMILES string of the molecule is c1ccc(-c2nc(-c3ccccc3)nc(-c3ccc(-n4c5ccccc5c5c6oc7ccccc7c6ccc54)c(-c4cc(-n5c6ccccc6c6c7oc8ccccc8c7ccc65)ccn4)c3)n2)cc1.c1ccc(-c2nc(-c3ccccc3)nc(-c3ccc(-n4c5ccccc5c5c6sc7ccccc7c6ccc54)c(-c4cc(-n5c6ccccc6c6c7sc8ccccc8c7ccc65)ccn4)c3)n2)cc1. The molecule has 12 aromatic heterocycles. The summed E-state index contributed by atoms with van der Waals surface area (Å²) in [5.41, 5.74) is 25.0. The van der Waals surface area contributed by atoms with E-state index in [4.69, 9.17) is 48.7 Å². The lowest BCUT2D eigenvalue weighted by Crippen LogP contribution is -2.03. The van der Waals surface area contributed by atoms with Gasteiger partial charge in [0.2, 0.25) is 0 Å². The van der Waals surface area contributed by atoms with E-state index in [1.54, 1.807) is 0 Å². The van der Waals surface area contributed by atoms with E-state index in [1.165, 1.54) is 61.9 Å². The van der Waals surface area contributed by atoms with Crippen LogP contribution in [-0.2, 0) is 0 Å². The number of thiophene rings is 2. The summed E-state index contributed by atoms with van der Waals surface area (Å²) < 4.78 is 28.1. The van der Waals surface area contributed by atoms with Crippen LogP contribution in [0.4, 0.5) is 0 Å². The maximum absolute atomic E-state index is 6.72. The van der Waals surface area contributed by atoms with Crippen molar-refractivity contribution >= 4 is 194 Å². The third-order valence-electron chi connectivity index (χ3n) is 27.7. The summed E-state index contributed by atoms with van der Waals surface area (Å²) in [6, 6.07) is 149. The molecule has 0 N–H and O–H groups in total. The van der Waals surface area contributed by atoms with E-state index in [2.05, 4.69) is 297 Å². The van der Waals surface area contributed by atoms with E-state index in [1.807, 2.05) is 181 Å². The molecule has 0 spiro atoms. The smallest absolute Gasteiger partial charge is 0.164 e. The first-order valence-corrected chi connectivity index (χ1v) is 48.4. The van der Waals surface area contributed by atoms with Crippen molar-refractivity contribution in [1.29, 1.82) is 0 Å². The Bertz CT molecular complexity index is 9680. The molecule has 14 nitrogen and oxygen atoms in total. The van der Waals surface area contributed by atoms with Gasteiger partial charge in [-0.15, -0.1) is 22.7 Å². The molecule has 16 heteroatoms. The normalized spacial score (nSPS) is 12.0. The van der Waals surface area contributed by atoms with Crippen LogP contribution in [0.1, 0.15) is 0 Å². The van der Waals surface area contributed by atoms with Crippen LogP contribution < -0.4 is 0 Å². The van der Waals surface area contributed by atoms with Gasteiger partial charge in [-0.1, -0.05) is 279 Å². The Kier molecular flexibility index (Phi) is 17.8. The molecule has 0 aliphatic heterocycles. The summed E-state index contributed by atoms with van der Waals surface area (Å²) in [6.45, 7) is 0. The van der Waals surface area contributed by atoms with E-state index in [-0.39, 0.29) is 0 Å². The number of nitrogens with zero attached hydrogens (tertiary/aromatic N) is 12. The van der Waals surface area contributed by atoms with Gasteiger partial charge in [-0.3, -0.25) is 9.97 Å². The molecule has 0 aliphatic rings. The highest BCUT2D eigenvalue weighted by molar-refractivity contribution is 7.27. The van der Waals surface area contributed by atoms with E-state index in [0.717, 1.165) is 188 Å². The van der Waals surface area contributed by atoms with E-state index >= 15 is 0 Å². The van der Waals surface area contributed by atoms with E-state index in [0.29, 0.717) is 34.9 Å². The van der Waals surface area contributed by atoms with Crippen molar-refractivity contribution in [2.24, 2.45) is 0 Å². The van der Waals surface area contributed by atoms with Crippen molar-refractivity contribution in [3.05, 3.63) is 437 Å². The fourth-order valence-corrected chi connectivity index (χ4v) is 24.0. The number of furan rings is 2. The van der Waals surface area contributed by atoms with E-state index < -0.39 is 0 Å². The molecule has 0 aliphatic carbocycles. The maximum atomic E-state index is 6.72. The second kappa shape index (κ2) is 31.6. The molecule has 140 heavy (non-hydrogen) atoms. The molecule has 0 saturated carbocycles. The van der Waals surface area contributed by atoms with Gasteiger partial charge in [-0.2, -0.15) is 0 Å². The Hall–Kier alpha value is -18.5. The predicted octanol–water partition coefficient (Wildman–Crippen LogP) is 32.8. The lowest BCUT2D eigenvalue weighted by Gasteiger charge is -2.17. The third-order valence-corrected chi connectivity index (χ3v) is 30.1. The molecule has 0 bridgehead atoms. The van der Waals surface area contributed by atoms with Gasteiger partial charge >= 0.3 is 0 Å². The molecule has 652 valence electrons. The number of hydrogen-bond acceptors (Lipinski definition) is 12. The molecular formula is C124H72N12O2S2. The second-order valence-corrected chi connectivity index (χ2v) is 37.6. The van der Waals surface area contributed by atoms with Gasteiger partial charge in [0.25, 0.3) is 0 Å². The maximum Gasteiger partial charge on any atom is 0.164 e. The van der Waals surface area contributed by atoms with Gasteiger partial charge < -0.3 is 27.1 Å².